The van der Waals surface area contributed by atoms with Gasteiger partial charge in [-0.1, -0.05) is 57.6 Å². The van der Waals surface area contributed by atoms with Crippen molar-refractivity contribution < 1.29 is 0 Å². The Labute approximate surface area is 178 Å². The molecule has 0 saturated carbocycles. The van der Waals surface area contributed by atoms with Gasteiger partial charge in [0.05, 0.1) is 22.6 Å². The third-order valence-corrected chi connectivity index (χ3v) is 6.23. The summed E-state index contributed by atoms with van der Waals surface area (Å²) in [5.74, 6) is 0.794. The Hall–Kier alpha value is -2.97. The average molecular weight is 466 g/mol. The van der Waals surface area contributed by atoms with Crippen LogP contribution in [0.4, 0.5) is 11.5 Å². The molecule has 3 heterocycles. The monoisotopic (exact) mass is 465 g/mol. The summed E-state index contributed by atoms with van der Waals surface area (Å²) in [4.78, 5) is 18.4. The van der Waals surface area contributed by atoms with E-state index >= 15 is 0 Å². The quantitative estimate of drug-likeness (QED) is 0.493. The summed E-state index contributed by atoms with van der Waals surface area (Å²) in [5, 5.41) is 8.00. The van der Waals surface area contributed by atoms with Crippen LogP contribution >= 0.6 is 27.3 Å². The maximum atomic E-state index is 13.0. The Bertz CT molecular complexity index is 1380. The van der Waals surface area contributed by atoms with Crippen molar-refractivity contribution in [2.45, 2.75) is 13.6 Å². The predicted octanol–water partition coefficient (Wildman–Crippen LogP) is 3.33. The Kier molecular flexibility index (Phi) is 4.44. The molecule has 8 heteroatoms. The second-order valence-electron chi connectivity index (χ2n) is 6.65. The smallest absolute Gasteiger partial charge is 0.271 e. The molecule has 0 radical (unpaired) electrons. The van der Waals surface area contributed by atoms with E-state index < -0.39 is 0 Å². The number of nitrogens with one attached hydrogen (secondary N) is 1. The highest BCUT2D eigenvalue weighted by atomic mass is 79.9. The molecular weight excluding hydrogens is 450 g/mol. The van der Waals surface area contributed by atoms with Crippen LogP contribution in [-0.2, 0) is 6.67 Å². The first-order valence-electron chi connectivity index (χ1n) is 9.05. The molecule has 1 N–H and O–H groups in total. The fourth-order valence-electron chi connectivity index (χ4n) is 3.26. The lowest BCUT2D eigenvalue weighted by Crippen LogP contribution is -2.33. The zero-order valence-corrected chi connectivity index (χ0v) is 17.9. The lowest BCUT2D eigenvalue weighted by atomic mass is 10.2. The number of hydrogen-bond donors (Lipinski definition) is 1. The van der Waals surface area contributed by atoms with Crippen molar-refractivity contribution in [2.24, 2.45) is 4.99 Å². The molecule has 5 rings (SSSR count). The number of hydrogen-bond acceptors (Lipinski definition) is 5. The number of rotatable bonds is 2. The number of fused-ring (bicyclic) bond motifs is 2. The van der Waals surface area contributed by atoms with Crippen LogP contribution in [0.15, 0.2) is 68.9 Å². The molecule has 2 aromatic heterocycles. The van der Waals surface area contributed by atoms with Gasteiger partial charge in [0.15, 0.2) is 10.6 Å². The molecule has 0 bridgehead atoms. The highest BCUT2D eigenvalue weighted by molar-refractivity contribution is 9.10. The van der Waals surface area contributed by atoms with E-state index in [1.54, 1.807) is 4.57 Å². The second kappa shape index (κ2) is 7.13. The number of aryl methyl sites for hydroxylation is 1. The lowest BCUT2D eigenvalue weighted by molar-refractivity contribution is 0.716. The molecule has 2 aromatic carbocycles. The van der Waals surface area contributed by atoms with Gasteiger partial charge in [-0.25, -0.2) is 9.67 Å². The van der Waals surface area contributed by atoms with Crippen LogP contribution in [0.5, 0.6) is 0 Å². The average Bonchev–Trinajstić information content (AvgIpc) is 3.11. The van der Waals surface area contributed by atoms with E-state index in [0.717, 1.165) is 32.9 Å². The van der Waals surface area contributed by atoms with Crippen molar-refractivity contribution in [3.05, 3.63) is 90.0 Å². The van der Waals surface area contributed by atoms with Gasteiger partial charge in [-0.05, 0) is 42.8 Å². The maximum Gasteiger partial charge on any atom is 0.271 e. The van der Waals surface area contributed by atoms with Crippen molar-refractivity contribution in [3.63, 3.8) is 0 Å². The molecule has 29 heavy (non-hydrogen) atoms. The summed E-state index contributed by atoms with van der Waals surface area (Å²) in [5.41, 5.74) is 3.44. The minimum Gasteiger partial charge on any atom is -0.350 e. The number of nitrogens with zero attached hydrogens (tertiary/aromatic N) is 4. The van der Waals surface area contributed by atoms with Crippen LogP contribution in [0.3, 0.4) is 0 Å². The van der Waals surface area contributed by atoms with Crippen LogP contribution < -0.4 is 20.2 Å². The van der Waals surface area contributed by atoms with Crippen LogP contribution in [0.1, 0.15) is 11.3 Å². The summed E-state index contributed by atoms with van der Waals surface area (Å²) < 4.78 is 5.17. The van der Waals surface area contributed by atoms with Crippen molar-refractivity contribution in [3.8, 4) is 5.69 Å². The highest BCUT2D eigenvalue weighted by Crippen LogP contribution is 2.31. The van der Waals surface area contributed by atoms with E-state index in [4.69, 9.17) is 4.99 Å². The molecule has 144 valence electrons. The lowest BCUT2D eigenvalue weighted by Gasteiger charge is -2.09. The SMILES string of the molecule is Cc1nn(-c2ccccc2)c2c1N=c1s/c(=C\c3ccc(Br)cc3)c(=O)n1CN2. The summed E-state index contributed by atoms with van der Waals surface area (Å²) in [6, 6.07) is 17.8. The number of thiazole rings is 1. The van der Waals surface area contributed by atoms with Crippen molar-refractivity contribution in [2.75, 3.05) is 5.32 Å². The third-order valence-electron chi connectivity index (χ3n) is 4.70. The molecule has 1 aliphatic rings. The Morgan fingerprint density at radius 2 is 1.90 bits per heavy atom. The standard InChI is InChI=1S/C21H16BrN5OS/c1-13-18-19(27(25-13)16-5-3-2-4-6-16)23-12-26-20(28)17(29-21(26)24-18)11-14-7-9-15(22)10-8-14/h2-11,23H,12H2,1H3/b17-11-. The van der Waals surface area contributed by atoms with Crippen molar-refractivity contribution >= 4 is 44.8 Å². The molecule has 0 atom stereocenters. The summed E-state index contributed by atoms with van der Waals surface area (Å²) in [6.07, 6.45) is 1.90. The van der Waals surface area contributed by atoms with E-state index in [1.165, 1.54) is 11.3 Å². The molecular formula is C21H16BrN5OS. The Morgan fingerprint density at radius 3 is 2.66 bits per heavy atom. The fraction of sp³-hybridized carbons (Fsp3) is 0.0952. The summed E-state index contributed by atoms with van der Waals surface area (Å²) in [7, 11) is 0. The molecule has 0 aliphatic carbocycles. The van der Waals surface area contributed by atoms with Gasteiger partial charge in [0, 0.05) is 4.47 Å². The van der Waals surface area contributed by atoms with Gasteiger partial charge in [0.25, 0.3) is 5.56 Å². The van der Waals surface area contributed by atoms with E-state index in [0.29, 0.717) is 16.0 Å². The Balaban J connectivity index is 1.66. The molecule has 0 amide bonds. The van der Waals surface area contributed by atoms with Crippen LogP contribution in [-0.4, -0.2) is 14.3 Å². The van der Waals surface area contributed by atoms with Gasteiger partial charge in [-0.3, -0.25) is 9.36 Å². The van der Waals surface area contributed by atoms with Gasteiger partial charge in [0.1, 0.15) is 5.69 Å². The van der Waals surface area contributed by atoms with E-state index in [9.17, 15) is 4.79 Å². The minimum atomic E-state index is -0.0498. The number of benzene rings is 2. The molecule has 0 saturated heterocycles. The first kappa shape index (κ1) is 18.1. The largest absolute Gasteiger partial charge is 0.350 e. The van der Waals surface area contributed by atoms with Gasteiger partial charge < -0.3 is 5.32 Å². The normalized spacial score (nSPS) is 13.2. The van der Waals surface area contributed by atoms with E-state index in [1.807, 2.05) is 72.3 Å². The number of halogens is 1. The zero-order valence-electron chi connectivity index (χ0n) is 15.5. The van der Waals surface area contributed by atoms with Crippen molar-refractivity contribution in [1.82, 2.24) is 14.3 Å². The molecule has 0 spiro atoms. The molecule has 1 aliphatic heterocycles. The number of aromatic nitrogens is 3. The fourth-order valence-corrected chi connectivity index (χ4v) is 4.51. The first-order valence-corrected chi connectivity index (χ1v) is 10.7. The molecule has 6 nitrogen and oxygen atoms in total. The van der Waals surface area contributed by atoms with E-state index in [2.05, 4.69) is 26.3 Å². The summed E-state index contributed by atoms with van der Waals surface area (Å²) >= 11 is 4.82. The first-order chi connectivity index (χ1) is 14.1. The molecule has 0 fully saturated rings. The van der Waals surface area contributed by atoms with Crippen LogP contribution in [0.2, 0.25) is 0 Å². The zero-order chi connectivity index (χ0) is 20.0. The van der Waals surface area contributed by atoms with Crippen LogP contribution in [0, 0.1) is 6.92 Å². The van der Waals surface area contributed by atoms with E-state index in [-0.39, 0.29) is 5.56 Å². The number of para-hydroxylation sites is 1. The summed E-state index contributed by atoms with van der Waals surface area (Å²) in [6.45, 7) is 2.27. The molecule has 0 unspecified atom stereocenters. The van der Waals surface area contributed by atoms with Gasteiger partial charge in [0.2, 0.25) is 0 Å². The Morgan fingerprint density at radius 1 is 1.14 bits per heavy atom. The molecule has 4 aromatic rings. The van der Waals surface area contributed by atoms with Gasteiger partial charge >= 0.3 is 0 Å². The third kappa shape index (κ3) is 3.24. The van der Waals surface area contributed by atoms with Gasteiger partial charge in [-0.2, -0.15) is 5.10 Å². The maximum absolute atomic E-state index is 13.0. The van der Waals surface area contributed by atoms with Gasteiger partial charge in [-0.15, -0.1) is 0 Å². The minimum absolute atomic E-state index is 0.0498. The van der Waals surface area contributed by atoms with Crippen LogP contribution in [0.25, 0.3) is 11.8 Å². The number of anilines is 1. The second-order valence-corrected chi connectivity index (χ2v) is 8.58. The highest BCUT2D eigenvalue weighted by Gasteiger charge is 2.20. The predicted molar refractivity (Wildman–Crippen MR) is 119 cm³/mol. The topological polar surface area (TPSA) is 64.2 Å². The van der Waals surface area contributed by atoms with Crippen molar-refractivity contribution in [1.29, 1.82) is 0 Å².